The molecule has 3 nitrogen and oxygen atoms in total. The number of fused-ring (bicyclic) bond motifs is 4. The molecule has 6 fully saturated rings. The fourth-order valence-corrected chi connectivity index (χ4v) is 11.8. The molecule has 1 heterocycles. The lowest BCUT2D eigenvalue weighted by Crippen LogP contribution is -2.57. The first kappa shape index (κ1) is 24.2. The van der Waals surface area contributed by atoms with Crippen LogP contribution < -0.4 is 0 Å². The van der Waals surface area contributed by atoms with Crippen molar-refractivity contribution in [1.29, 1.82) is 0 Å². The second-order valence-electron chi connectivity index (χ2n) is 15.2. The number of methoxy groups -OCH3 is 1. The van der Waals surface area contributed by atoms with E-state index in [0.29, 0.717) is 22.3 Å². The van der Waals surface area contributed by atoms with Crippen molar-refractivity contribution in [3.8, 4) is 0 Å². The molecule has 11 atom stereocenters. The predicted molar refractivity (Wildman–Crippen MR) is 136 cm³/mol. The fraction of sp³-hybridized carbons (Fsp3) is 1.00. The maximum Gasteiger partial charge on any atom is 0.164 e. The zero-order valence-corrected chi connectivity index (χ0v) is 23.4. The van der Waals surface area contributed by atoms with E-state index in [1.54, 1.807) is 0 Å². The molecule has 1 saturated heterocycles. The van der Waals surface area contributed by atoms with Gasteiger partial charge in [-0.05, 0) is 138 Å². The van der Waals surface area contributed by atoms with Crippen molar-refractivity contribution >= 4 is 0 Å². The maximum absolute atomic E-state index is 6.33. The summed E-state index contributed by atoms with van der Waals surface area (Å²) in [7, 11) is 2.02. The smallest absolute Gasteiger partial charge is 0.164 e. The molecule has 5 saturated carbocycles. The summed E-state index contributed by atoms with van der Waals surface area (Å²) in [6.07, 6.45) is 14.7. The minimum Gasteiger partial charge on any atom is -0.381 e. The molecule has 194 valence electrons. The Bertz CT molecular complexity index is 819. The van der Waals surface area contributed by atoms with Crippen molar-refractivity contribution in [3.63, 3.8) is 0 Å². The van der Waals surface area contributed by atoms with E-state index in [1.807, 2.05) is 7.11 Å². The molecule has 1 aliphatic heterocycles. The number of hydrogen-bond donors (Lipinski definition) is 0. The summed E-state index contributed by atoms with van der Waals surface area (Å²) in [5.41, 5.74) is 1.42. The number of rotatable bonds is 5. The third kappa shape index (κ3) is 3.11. The Kier molecular flexibility index (Phi) is 5.32. The van der Waals surface area contributed by atoms with Crippen LogP contribution >= 0.6 is 0 Å². The van der Waals surface area contributed by atoms with Crippen LogP contribution in [0.25, 0.3) is 0 Å². The monoisotopic (exact) mass is 472 g/mol. The zero-order chi connectivity index (χ0) is 24.3. The lowest BCUT2D eigenvalue weighted by atomic mass is 9.45. The first-order chi connectivity index (χ1) is 15.9. The SMILES string of the molecule is CO[C@@H]1C[C@H]2[C@@H]3CC[C@H]([C@H](C)CCC4OC(C)(C)OC4(C)C)[C@@]3(C)CC[C@@H]2[C@@]2(C)CC[C@H]3C[C@]312. The van der Waals surface area contributed by atoms with Gasteiger partial charge in [0.1, 0.15) is 0 Å². The zero-order valence-electron chi connectivity index (χ0n) is 23.4. The Labute approximate surface area is 209 Å². The molecule has 0 radical (unpaired) electrons. The van der Waals surface area contributed by atoms with E-state index < -0.39 is 5.79 Å². The molecule has 3 heteroatoms. The second-order valence-corrected chi connectivity index (χ2v) is 15.2. The molecule has 0 bridgehead atoms. The first-order valence-electron chi connectivity index (χ1n) is 14.8. The summed E-state index contributed by atoms with van der Waals surface area (Å²) in [6.45, 7) is 16.5. The molecule has 6 rings (SSSR count). The highest BCUT2D eigenvalue weighted by molar-refractivity contribution is 5.26. The summed E-state index contributed by atoms with van der Waals surface area (Å²) in [4.78, 5) is 0. The van der Waals surface area contributed by atoms with Crippen LogP contribution in [0.1, 0.15) is 113 Å². The van der Waals surface area contributed by atoms with Gasteiger partial charge in [0.2, 0.25) is 0 Å². The summed E-state index contributed by atoms with van der Waals surface area (Å²) < 4.78 is 18.9. The van der Waals surface area contributed by atoms with Gasteiger partial charge in [-0.25, -0.2) is 0 Å². The Hall–Kier alpha value is -0.120. The lowest BCUT2D eigenvalue weighted by Gasteiger charge is -2.61. The molecule has 0 aromatic carbocycles. The molecule has 0 aromatic rings. The van der Waals surface area contributed by atoms with Crippen LogP contribution in [0, 0.1) is 51.8 Å². The van der Waals surface area contributed by atoms with E-state index in [9.17, 15) is 0 Å². The highest BCUT2D eigenvalue weighted by atomic mass is 16.8. The Balaban J connectivity index is 1.17. The molecule has 1 unspecified atom stereocenters. The highest BCUT2D eigenvalue weighted by Crippen LogP contribution is 2.82. The minimum atomic E-state index is -0.451. The van der Waals surface area contributed by atoms with Crippen LogP contribution in [0.15, 0.2) is 0 Å². The fourth-order valence-electron chi connectivity index (χ4n) is 11.8. The maximum atomic E-state index is 6.33. The minimum absolute atomic E-state index is 0.186. The van der Waals surface area contributed by atoms with E-state index >= 15 is 0 Å². The molecule has 0 aromatic heterocycles. The molecular formula is C31H52O3. The van der Waals surface area contributed by atoms with E-state index in [2.05, 4.69) is 48.5 Å². The predicted octanol–water partition coefficient (Wildman–Crippen LogP) is 7.62. The molecule has 6 aliphatic rings. The Morgan fingerprint density at radius 3 is 2.35 bits per heavy atom. The van der Waals surface area contributed by atoms with Gasteiger partial charge in [0.05, 0.1) is 17.8 Å². The Morgan fingerprint density at radius 2 is 1.71 bits per heavy atom. The van der Waals surface area contributed by atoms with Crippen molar-refractivity contribution in [2.45, 2.75) is 136 Å². The van der Waals surface area contributed by atoms with Crippen molar-refractivity contribution in [2.75, 3.05) is 7.11 Å². The van der Waals surface area contributed by atoms with Crippen LogP contribution in [0.3, 0.4) is 0 Å². The molecule has 34 heavy (non-hydrogen) atoms. The Morgan fingerprint density at radius 1 is 0.941 bits per heavy atom. The average Bonchev–Trinajstić information content (AvgIpc) is 3.15. The second kappa shape index (κ2) is 7.47. The molecule has 5 aliphatic carbocycles. The van der Waals surface area contributed by atoms with Gasteiger partial charge in [0, 0.05) is 12.5 Å². The average molecular weight is 473 g/mol. The molecule has 0 N–H and O–H groups in total. The van der Waals surface area contributed by atoms with Crippen molar-refractivity contribution < 1.29 is 14.2 Å². The number of hydrogen-bond acceptors (Lipinski definition) is 3. The molecule has 0 amide bonds. The quantitative estimate of drug-likeness (QED) is 0.412. The van der Waals surface area contributed by atoms with Crippen LogP contribution in [-0.4, -0.2) is 30.7 Å². The van der Waals surface area contributed by atoms with E-state index in [-0.39, 0.29) is 11.7 Å². The number of ether oxygens (including phenoxy) is 3. The van der Waals surface area contributed by atoms with E-state index in [4.69, 9.17) is 14.2 Å². The van der Waals surface area contributed by atoms with E-state index in [1.165, 1.54) is 57.8 Å². The van der Waals surface area contributed by atoms with Crippen LogP contribution in [0.4, 0.5) is 0 Å². The van der Waals surface area contributed by atoms with Crippen LogP contribution in [-0.2, 0) is 14.2 Å². The molecular weight excluding hydrogens is 420 g/mol. The largest absolute Gasteiger partial charge is 0.381 e. The normalized spacial score (nSPS) is 55.2. The molecule has 1 spiro atoms. The van der Waals surface area contributed by atoms with Gasteiger partial charge in [-0.2, -0.15) is 0 Å². The van der Waals surface area contributed by atoms with Gasteiger partial charge >= 0.3 is 0 Å². The highest BCUT2D eigenvalue weighted by Gasteiger charge is 2.77. The van der Waals surface area contributed by atoms with Crippen LogP contribution in [0.5, 0.6) is 0 Å². The summed E-state index contributed by atoms with van der Waals surface area (Å²) >= 11 is 0. The van der Waals surface area contributed by atoms with Crippen molar-refractivity contribution in [1.82, 2.24) is 0 Å². The van der Waals surface area contributed by atoms with Gasteiger partial charge in [-0.15, -0.1) is 0 Å². The third-order valence-corrected chi connectivity index (χ3v) is 13.2. The summed E-state index contributed by atoms with van der Waals surface area (Å²) in [5, 5.41) is 0. The van der Waals surface area contributed by atoms with Gasteiger partial charge in [-0.3, -0.25) is 0 Å². The lowest BCUT2D eigenvalue weighted by molar-refractivity contribution is -0.161. The van der Waals surface area contributed by atoms with E-state index in [0.717, 1.165) is 41.9 Å². The van der Waals surface area contributed by atoms with Gasteiger partial charge in [0.25, 0.3) is 0 Å². The van der Waals surface area contributed by atoms with Crippen molar-refractivity contribution in [3.05, 3.63) is 0 Å². The van der Waals surface area contributed by atoms with Gasteiger partial charge in [-0.1, -0.05) is 20.8 Å². The topological polar surface area (TPSA) is 27.7 Å². The first-order valence-corrected chi connectivity index (χ1v) is 14.8. The standard InChI is InChI=1S/C31H52O3/c1-19(9-12-25-27(2,3)34-28(4,5)33-25)22-10-11-23-21-17-26(32-8)31-18-20(31)13-16-30(31,7)24(21)14-15-29(22,23)6/h19-26H,9-18H2,1-8H3/t19-,20+,21+,22-,23+,24+,25?,26-,29-,30-,31+/m1/s1. The summed E-state index contributed by atoms with van der Waals surface area (Å²) in [6, 6.07) is 0. The third-order valence-electron chi connectivity index (χ3n) is 13.2. The van der Waals surface area contributed by atoms with Crippen LogP contribution in [0.2, 0.25) is 0 Å². The van der Waals surface area contributed by atoms with Crippen molar-refractivity contribution in [2.24, 2.45) is 51.8 Å². The summed E-state index contributed by atoms with van der Waals surface area (Å²) in [5.74, 6) is 4.89. The van der Waals surface area contributed by atoms with Gasteiger partial charge < -0.3 is 14.2 Å². The van der Waals surface area contributed by atoms with Gasteiger partial charge in [0.15, 0.2) is 5.79 Å².